The van der Waals surface area contributed by atoms with Gasteiger partial charge in [0.2, 0.25) is 0 Å². The lowest BCUT2D eigenvalue weighted by Crippen LogP contribution is -2.25. The van der Waals surface area contributed by atoms with Crippen LogP contribution >= 0.6 is 0 Å². The second kappa shape index (κ2) is 11.5. The lowest BCUT2D eigenvalue weighted by molar-refractivity contribution is 0.0148. The number of esters is 2. The molecule has 0 aliphatic heterocycles. The van der Waals surface area contributed by atoms with Crippen LogP contribution in [0.3, 0.4) is 0 Å². The van der Waals surface area contributed by atoms with Gasteiger partial charge in [0.1, 0.15) is 12.2 Å². The van der Waals surface area contributed by atoms with Crippen molar-refractivity contribution in [1.82, 2.24) is 0 Å². The van der Waals surface area contributed by atoms with Crippen LogP contribution in [0.1, 0.15) is 112 Å². The number of ether oxygens (including phenoxy) is 2. The van der Waals surface area contributed by atoms with Crippen molar-refractivity contribution in [3.8, 4) is 0 Å². The summed E-state index contributed by atoms with van der Waals surface area (Å²) in [6.45, 7) is 4.45. The van der Waals surface area contributed by atoms with Crippen molar-refractivity contribution in [2.45, 2.75) is 103 Å². The summed E-state index contributed by atoms with van der Waals surface area (Å²) in [4.78, 5) is 24.9. The minimum Gasteiger partial charge on any atom is -0.459 e. The highest BCUT2D eigenvalue weighted by Gasteiger charge is 2.25. The van der Waals surface area contributed by atoms with Gasteiger partial charge >= 0.3 is 11.9 Å². The predicted molar refractivity (Wildman–Crippen MR) is 119 cm³/mol. The number of carbonyl (C=O) groups is 2. The van der Waals surface area contributed by atoms with Gasteiger partial charge in [-0.1, -0.05) is 39.5 Å². The minimum atomic E-state index is -0.289. The van der Waals surface area contributed by atoms with Crippen LogP contribution in [-0.2, 0) is 9.47 Å². The molecule has 0 aromatic heterocycles. The van der Waals surface area contributed by atoms with Crippen LogP contribution < -0.4 is 0 Å². The molecule has 0 bridgehead atoms. The van der Waals surface area contributed by atoms with Crippen LogP contribution in [0.25, 0.3) is 0 Å². The predicted octanol–water partition coefficient (Wildman–Crippen LogP) is 6.72. The van der Waals surface area contributed by atoms with E-state index in [0.29, 0.717) is 11.1 Å². The number of benzene rings is 1. The van der Waals surface area contributed by atoms with E-state index in [9.17, 15) is 9.59 Å². The van der Waals surface area contributed by atoms with E-state index in [4.69, 9.17) is 9.47 Å². The maximum Gasteiger partial charge on any atom is 0.338 e. The molecular formula is C26H38O4. The molecule has 0 unspecified atom stereocenters. The number of rotatable bonds is 8. The van der Waals surface area contributed by atoms with E-state index in [1.165, 1.54) is 25.7 Å². The Morgan fingerprint density at radius 2 is 1.00 bits per heavy atom. The van der Waals surface area contributed by atoms with Gasteiger partial charge < -0.3 is 9.47 Å². The summed E-state index contributed by atoms with van der Waals surface area (Å²) in [6, 6.07) is 6.72. The quantitative estimate of drug-likeness (QED) is 0.443. The average Bonchev–Trinajstić information content (AvgIpc) is 2.77. The molecule has 166 valence electrons. The molecule has 4 nitrogen and oxygen atoms in total. The fraction of sp³-hybridized carbons (Fsp3) is 0.692. The monoisotopic (exact) mass is 414 g/mol. The molecule has 2 aliphatic carbocycles. The second-order valence-electron chi connectivity index (χ2n) is 9.25. The Hall–Kier alpha value is -1.84. The molecule has 1 aromatic carbocycles. The van der Waals surface area contributed by atoms with E-state index in [1.807, 2.05) is 0 Å². The molecule has 0 saturated heterocycles. The first-order valence-electron chi connectivity index (χ1n) is 12.1. The Balaban J connectivity index is 1.44. The zero-order valence-corrected chi connectivity index (χ0v) is 18.7. The van der Waals surface area contributed by atoms with Gasteiger partial charge in [0.25, 0.3) is 0 Å². The Bertz CT molecular complexity index is 606. The van der Waals surface area contributed by atoms with Crippen molar-refractivity contribution < 1.29 is 19.1 Å². The van der Waals surface area contributed by atoms with Crippen LogP contribution in [0.15, 0.2) is 24.3 Å². The zero-order valence-electron chi connectivity index (χ0n) is 18.7. The topological polar surface area (TPSA) is 52.6 Å². The van der Waals surface area contributed by atoms with Crippen LogP contribution in [0.5, 0.6) is 0 Å². The van der Waals surface area contributed by atoms with Crippen molar-refractivity contribution in [2.24, 2.45) is 11.8 Å². The van der Waals surface area contributed by atoms with Gasteiger partial charge in [-0.3, -0.25) is 0 Å². The summed E-state index contributed by atoms with van der Waals surface area (Å²) >= 11 is 0. The molecule has 4 heteroatoms. The molecule has 1 aromatic rings. The van der Waals surface area contributed by atoms with Gasteiger partial charge in [-0.05, 0) is 87.5 Å². The molecule has 2 fully saturated rings. The first kappa shape index (κ1) is 22.8. The highest BCUT2D eigenvalue weighted by molar-refractivity contribution is 5.93. The standard InChI is InChI=1S/C26H38O4/c1-3-5-19-7-15-23(16-8-19)29-25(27)21-11-13-22(14-12-21)26(28)30-24-17-9-20(6-4-2)10-18-24/h11-14,19-20,23-24H,3-10,15-18H2,1-2H3/t19-,20-,23-,24-. The van der Waals surface area contributed by atoms with E-state index in [0.717, 1.165) is 63.2 Å². The summed E-state index contributed by atoms with van der Waals surface area (Å²) in [5.41, 5.74) is 1.00. The molecule has 0 spiro atoms. The van der Waals surface area contributed by atoms with Crippen molar-refractivity contribution in [3.05, 3.63) is 35.4 Å². The SMILES string of the molecule is CCC[C@H]1CC[C@H](OC(=O)c2ccc(C(=O)O[C@H]3CC[C@H](CCC)CC3)cc2)CC1. The third-order valence-corrected chi connectivity index (χ3v) is 6.89. The normalized spacial score (nSPS) is 26.7. The molecule has 0 amide bonds. The molecule has 0 atom stereocenters. The minimum absolute atomic E-state index is 0.0260. The van der Waals surface area contributed by atoms with Gasteiger partial charge in [-0.25, -0.2) is 9.59 Å². The third kappa shape index (κ3) is 6.58. The van der Waals surface area contributed by atoms with Gasteiger partial charge in [-0.2, -0.15) is 0 Å². The summed E-state index contributed by atoms with van der Waals surface area (Å²) in [6.07, 6.45) is 13.5. The molecule has 30 heavy (non-hydrogen) atoms. The average molecular weight is 415 g/mol. The molecule has 0 N–H and O–H groups in total. The van der Waals surface area contributed by atoms with Crippen LogP contribution in [0.2, 0.25) is 0 Å². The molecule has 0 radical (unpaired) electrons. The zero-order chi connectivity index (χ0) is 21.3. The fourth-order valence-electron chi connectivity index (χ4n) is 5.07. The Labute approximate surface area is 181 Å². The van der Waals surface area contributed by atoms with Crippen molar-refractivity contribution in [2.75, 3.05) is 0 Å². The Morgan fingerprint density at radius 3 is 1.30 bits per heavy atom. The summed E-state index contributed by atoms with van der Waals surface area (Å²) < 4.78 is 11.4. The highest BCUT2D eigenvalue weighted by atomic mass is 16.5. The smallest absolute Gasteiger partial charge is 0.338 e. The Kier molecular flexibility index (Phi) is 8.77. The van der Waals surface area contributed by atoms with Crippen LogP contribution in [0, 0.1) is 11.8 Å². The third-order valence-electron chi connectivity index (χ3n) is 6.89. The number of hydrogen-bond acceptors (Lipinski definition) is 4. The number of carbonyl (C=O) groups excluding carboxylic acids is 2. The fourth-order valence-corrected chi connectivity index (χ4v) is 5.07. The summed E-state index contributed by atoms with van der Waals surface area (Å²) in [5, 5.41) is 0. The Morgan fingerprint density at radius 1 is 0.667 bits per heavy atom. The van der Waals surface area contributed by atoms with E-state index < -0.39 is 0 Å². The number of hydrogen-bond donors (Lipinski definition) is 0. The molecule has 2 saturated carbocycles. The summed E-state index contributed by atoms with van der Waals surface area (Å²) in [7, 11) is 0. The largest absolute Gasteiger partial charge is 0.459 e. The lowest BCUT2D eigenvalue weighted by atomic mass is 9.84. The maximum atomic E-state index is 12.5. The molecule has 0 heterocycles. The van der Waals surface area contributed by atoms with Crippen molar-refractivity contribution in [3.63, 3.8) is 0 Å². The van der Waals surface area contributed by atoms with Crippen LogP contribution in [0.4, 0.5) is 0 Å². The van der Waals surface area contributed by atoms with Crippen LogP contribution in [-0.4, -0.2) is 24.1 Å². The second-order valence-corrected chi connectivity index (χ2v) is 9.25. The van der Waals surface area contributed by atoms with Gasteiger partial charge in [-0.15, -0.1) is 0 Å². The maximum absolute atomic E-state index is 12.5. The van der Waals surface area contributed by atoms with E-state index in [2.05, 4.69) is 13.8 Å². The lowest BCUT2D eigenvalue weighted by Gasteiger charge is -2.28. The van der Waals surface area contributed by atoms with E-state index >= 15 is 0 Å². The van der Waals surface area contributed by atoms with Crippen molar-refractivity contribution in [1.29, 1.82) is 0 Å². The van der Waals surface area contributed by atoms with Gasteiger partial charge in [0.15, 0.2) is 0 Å². The molecular weight excluding hydrogens is 376 g/mol. The first-order valence-corrected chi connectivity index (χ1v) is 12.1. The van der Waals surface area contributed by atoms with Gasteiger partial charge in [0, 0.05) is 0 Å². The van der Waals surface area contributed by atoms with E-state index in [-0.39, 0.29) is 24.1 Å². The molecule has 3 rings (SSSR count). The van der Waals surface area contributed by atoms with E-state index in [1.54, 1.807) is 24.3 Å². The van der Waals surface area contributed by atoms with Crippen molar-refractivity contribution >= 4 is 11.9 Å². The molecule has 2 aliphatic rings. The summed E-state index contributed by atoms with van der Waals surface area (Å²) in [5.74, 6) is 1.00. The highest BCUT2D eigenvalue weighted by Crippen LogP contribution is 2.31. The first-order chi connectivity index (χ1) is 14.6. The van der Waals surface area contributed by atoms with Gasteiger partial charge in [0.05, 0.1) is 11.1 Å².